The zero-order valence-electron chi connectivity index (χ0n) is 7.36. The molecule has 1 aromatic rings. The largest absolute Gasteiger partial charge is 0.478 e. The maximum Gasteiger partial charge on any atom is 0.211 e. The van der Waals surface area contributed by atoms with Crippen LogP contribution in [0.25, 0.3) is 0 Å². The Morgan fingerprint density at radius 3 is 3.17 bits per heavy atom. The van der Waals surface area contributed by atoms with E-state index in [9.17, 15) is 0 Å². The number of nitrogens with two attached hydrogens (primary N) is 1. The standard InChI is InChI=1S/C8H15N3O/c1-2-11-8(4-6-10-11)12-7-3-5-9/h4,6H,2-3,5,7,9H2,1H3. The lowest BCUT2D eigenvalue weighted by atomic mass is 10.5. The molecule has 0 saturated carbocycles. The van der Waals surface area contributed by atoms with Crippen molar-refractivity contribution in [2.24, 2.45) is 5.73 Å². The van der Waals surface area contributed by atoms with E-state index in [2.05, 4.69) is 5.10 Å². The monoisotopic (exact) mass is 169 g/mol. The van der Waals surface area contributed by atoms with Crippen molar-refractivity contribution in [2.75, 3.05) is 13.2 Å². The van der Waals surface area contributed by atoms with Crippen LogP contribution in [-0.4, -0.2) is 22.9 Å². The smallest absolute Gasteiger partial charge is 0.211 e. The fourth-order valence-electron chi connectivity index (χ4n) is 0.941. The molecule has 0 atom stereocenters. The van der Waals surface area contributed by atoms with Gasteiger partial charge < -0.3 is 10.5 Å². The van der Waals surface area contributed by atoms with Crippen LogP contribution in [-0.2, 0) is 6.54 Å². The molecule has 0 aliphatic heterocycles. The number of rotatable bonds is 5. The van der Waals surface area contributed by atoms with Crippen molar-refractivity contribution >= 4 is 0 Å². The minimum atomic E-state index is 0.667. The Labute approximate surface area is 72.3 Å². The Hall–Kier alpha value is -1.03. The summed E-state index contributed by atoms with van der Waals surface area (Å²) < 4.78 is 7.24. The Balaban J connectivity index is 2.39. The van der Waals surface area contributed by atoms with Crippen LogP contribution < -0.4 is 10.5 Å². The van der Waals surface area contributed by atoms with Crippen molar-refractivity contribution in [3.05, 3.63) is 12.3 Å². The summed E-state index contributed by atoms with van der Waals surface area (Å²) in [5, 5.41) is 4.07. The van der Waals surface area contributed by atoms with Crippen LogP contribution in [0.15, 0.2) is 12.3 Å². The minimum absolute atomic E-state index is 0.667. The molecule has 1 rings (SSSR count). The van der Waals surface area contributed by atoms with Gasteiger partial charge in [-0.1, -0.05) is 0 Å². The highest BCUT2D eigenvalue weighted by Gasteiger charge is 1.99. The van der Waals surface area contributed by atoms with Crippen molar-refractivity contribution in [1.29, 1.82) is 0 Å². The summed E-state index contributed by atoms with van der Waals surface area (Å²) in [6.07, 6.45) is 2.62. The molecule has 0 amide bonds. The molecule has 2 N–H and O–H groups in total. The van der Waals surface area contributed by atoms with E-state index in [-0.39, 0.29) is 0 Å². The van der Waals surface area contributed by atoms with Crippen LogP contribution in [0.5, 0.6) is 5.88 Å². The summed E-state index contributed by atoms with van der Waals surface area (Å²) in [5.41, 5.74) is 5.34. The number of aryl methyl sites for hydroxylation is 1. The summed E-state index contributed by atoms with van der Waals surface area (Å²) in [5.74, 6) is 0.825. The van der Waals surface area contributed by atoms with Gasteiger partial charge >= 0.3 is 0 Å². The zero-order chi connectivity index (χ0) is 8.81. The van der Waals surface area contributed by atoms with E-state index in [1.54, 1.807) is 6.20 Å². The van der Waals surface area contributed by atoms with Crippen molar-refractivity contribution in [3.8, 4) is 5.88 Å². The third-order valence-electron chi connectivity index (χ3n) is 1.58. The second kappa shape index (κ2) is 4.77. The molecule has 4 heteroatoms. The fourth-order valence-corrected chi connectivity index (χ4v) is 0.941. The van der Waals surface area contributed by atoms with Crippen LogP contribution in [0, 0.1) is 0 Å². The van der Waals surface area contributed by atoms with Gasteiger partial charge in [-0.2, -0.15) is 5.10 Å². The Morgan fingerprint density at radius 2 is 2.50 bits per heavy atom. The molecule has 0 radical (unpaired) electrons. The van der Waals surface area contributed by atoms with E-state index in [0.717, 1.165) is 18.8 Å². The minimum Gasteiger partial charge on any atom is -0.478 e. The van der Waals surface area contributed by atoms with Crippen LogP contribution in [0.4, 0.5) is 0 Å². The first-order valence-corrected chi connectivity index (χ1v) is 4.23. The van der Waals surface area contributed by atoms with Gasteiger partial charge in [0.1, 0.15) is 0 Å². The Morgan fingerprint density at radius 1 is 1.67 bits per heavy atom. The van der Waals surface area contributed by atoms with Crippen molar-refractivity contribution in [1.82, 2.24) is 9.78 Å². The summed E-state index contributed by atoms with van der Waals surface area (Å²) in [6, 6.07) is 1.86. The molecule has 0 bridgehead atoms. The average Bonchev–Trinajstić information content (AvgIpc) is 2.52. The molecule has 0 unspecified atom stereocenters. The first kappa shape index (κ1) is 9.06. The lowest BCUT2D eigenvalue weighted by Crippen LogP contribution is -2.09. The molecule has 0 fully saturated rings. The van der Waals surface area contributed by atoms with E-state index >= 15 is 0 Å². The maximum atomic E-state index is 5.43. The van der Waals surface area contributed by atoms with E-state index in [1.807, 2.05) is 17.7 Å². The molecular weight excluding hydrogens is 154 g/mol. The predicted octanol–water partition coefficient (Wildman–Crippen LogP) is 0.631. The van der Waals surface area contributed by atoms with Gasteiger partial charge in [0.15, 0.2) is 0 Å². The maximum absolute atomic E-state index is 5.43. The summed E-state index contributed by atoms with van der Waals surface area (Å²) in [4.78, 5) is 0. The van der Waals surface area contributed by atoms with Gasteiger partial charge in [0.25, 0.3) is 0 Å². The average molecular weight is 169 g/mol. The van der Waals surface area contributed by atoms with E-state index < -0.39 is 0 Å². The van der Waals surface area contributed by atoms with Crippen molar-refractivity contribution < 1.29 is 4.74 Å². The predicted molar refractivity (Wildman–Crippen MR) is 47.1 cm³/mol. The zero-order valence-corrected chi connectivity index (χ0v) is 7.36. The first-order valence-electron chi connectivity index (χ1n) is 4.23. The highest BCUT2D eigenvalue weighted by atomic mass is 16.5. The van der Waals surface area contributed by atoms with Crippen molar-refractivity contribution in [2.45, 2.75) is 19.9 Å². The molecule has 1 heterocycles. The van der Waals surface area contributed by atoms with E-state index in [1.165, 1.54) is 0 Å². The fraction of sp³-hybridized carbons (Fsp3) is 0.625. The number of aromatic nitrogens is 2. The molecule has 0 saturated heterocycles. The van der Waals surface area contributed by atoms with E-state index in [4.69, 9.17) is 10.5 Å². The molecule has 1 aromatic heterocycles. The van der Waals surface area contributed by atoms with Gasteiger partial charge in [0.2, 0.25) is 5.88 Å². The van der Waals surface area contributed by atoms with Crippen molar-refractivity contribution in [3.63, 3.8) is 0 Å². The van der Waals surface area contributed by atoms with Gasteiger partial charge in [0.05, 0.1) is 12.8 Å². The molecule has 4 nitrogen and oxygen atoms in total. The summed E-state index contributed by atoms with van der Waals surface area (Å²) in [7, 11) is 0. The number of hydrogen-bond acceptors (Lipinski definition) is 3. The number of nitrogens with zero attached hydrogens (tertiary/aromatic N) is 2. The van der Waals surface area contributed by atoms with E-state index in [0.29, 0.717) is 13.2 Å². The molecule has 12 heavy (non-hydrogen) atoms. The highest BCUT2D eigenvalue weighted by Crippen LogP contribution is 2.08. The van der Waals surface area contributed by atoms with Gasteiger partial charge in [-0.25, -0.2) is 4.68 Å². The number of hydrogen-bond donors (Lipinski definition) is 1. The first-order chi connectivity index (χ1) is 5.88. The summed E-state index contributed by atoms with van der Waals surface area (Å²) in [6.45, 7) is 4.20. The SMILES string of the molecule is CCn1nccc1OCCCN. The van der Waals surface area contributed by atoms with Gasteiger partial charge in [-0.15, -0.1) is 0 Å². The third-order valence-corrected chi connectivity index (χ3v) is 1.58. The van der Waals surface area contributed by atoms with Gasteiger partial charge in [-0.3, -0.25) is 0 Å². The molecule has 0 aromatic carbocycles. The van der Waals surface area contributed by atoms with Crippen LogP contribution in [0.2, 0.25) is 0 Å². The van der Waals surface area contributed by atoms with Crippen LogP contribution >= 0.6 is 0 Å². The quantitative estimate of drug-likeness (QED) is 0.658. The second-order valence-electron chi connectivity index (χ2n) is 2.48. The topological polar surface area (TPSA) is 53.1 Å². The molecule has 0 aliphatic carbocycles. The Kier molecular flexibility index (Phi) is 3.60. The molecular formula is C8H15N3O. The lowest BCUT2D eigenvalue weighted by Gasteiger charge is -2.05. The summed E-state index contributed by atoms with van der Waals surface area (Å²) >= 11 is 0. The van der Waals surface area contributed by atoms with Crippen LogP contribution in [0.1, 0.15) is 13.3 Å². The molecule has 68 valence electrons. The van der Waals surface area contributed by atoms with Crippen LogP contribution in [0.3, 0.4) is 0 Å². The Bertz CT molecular complexity index is 222. The van der Waals surface area contributed by atoms with Gasteiger partial charge in [-0.05, 0) is 19.9 Å². The van der Waals surface area contributed by atoms with Gasteiger partial charge in [0, 0.05) is 12.6 Å². The normalized spacial score (nSPS) is 10.2. The lowest BCUT2D eigenvalue weighted by molar-refractivity contribution is 0.282. The highest BCUT2D eigenvalue weighted by molar-refractivity contribution is 5.07. The number of ether oxygens (including phenoxy) is 1. The molecule has 0 spiro atoms. The third kappa shape index (κ3) is 2.23. The molecule has 0 aliphatic rings. The second-order valence-corrected chi connectivity index (χ2v) is 2.48.